The van der Waals surface area contributed by atoms with E-state index < -0.39 is 39.3 Å². The topological polar surface area (TPSA) is 156 Å². The molecule has 0 aliphatic heterocycles. The Morgan fingerprint density at radius 1 is 1.12 bits per heavy atom. The van der Waals surface area contributed by atoms with Crippen molar-refractivity contribution in [3.63, 3.8) is 0 Å². The van der Waals surface area contributed by atoms with Crippen molar-refractivity contribution < 1.29 is 38.6 Å². The summed E-state index contributed by atoms with van der Waals surface area (Å²) in [5.41, 5.74) is 0. The summed E-state index contributed by atoms with van der Waals surface area (Å²) in [5, 5.41) is 5.78. The highest BCUT2D eigenvalue weighted by Gasteiger charge is 2.64. The maximum absolute atomic E-state index is 11.3. The van der Waals surface area contributed by atoms with Gasteiger partial charge in [-0.2, -0.15) is 0 Å². The Bertz CT molecular complexity index is 361. The molecule has 102 valence electrons. The first-order valence-electron chi connectivity index (χ1n) is 4.57. The first-order valence-corrected chi connectivity index (χ1v) is 7.80. The van der Waals surface area contributed by atoms with Gasteiger partial charge < -0.3 is 24.7 Å². The molecule has 11 heteroatoms. The molecule has 0 aliphatic carbocycles. The molecule has 0 heterocycles. The molecule has 0 saturated carbocycles. The van der Waals surface area contributed by atoms with Gasteiger partial charge in [0, 0.05) is 6.54 Å². The minimum absolute atomic E-state index is 0.0918. The van der Waals surface area contributed by atoms with Crippen LogP contribution in [0.25, 0.3) is 0 Å². The fourth-order valence-electron chi connectivity index (χ4n) is 1.63. The minimum atomic E-state index is -5.37. The van der Waals surface area contributed by atoms with E-state index in [1.165, 1.54) is 6.92 Å². The van der Waals surface area contributed by atoms with Gasteiger partial charge in [0.1, 0.15) is 0 Å². The summed E-state index contributed by atoms with van der Waals surface area (Å²) in [7, 11) is -10.7. The lowest BCUT2D eigenvalue weighted by atomic mass is 10.4. The third-order valence-corrected chi connectivity index (χ3v) is 6.93. The van der Waals surface area contributed by atoms with Crippen molar-refractivity contribution in [2.24, 2.45) is 0 Å². The predicted octanol–water partition coefficient (Wildman–Crippen LogP) is 0.405. The zero-order valence-corrected chi connectivity index (χ0v) is 11.0. The monoisotopic (exact) mass is 291 g/mol. The number of amides is 1. The number of hydrogen-bond donors (Lipinski definition) is 5. The summed E-state index contributed by atoms with van der Waals surface area (Å²) in [6.07, 6.45) is -2.51. The van der Waals surface area contributed by atoms with Crippen molar-refractivity contribution in [1.29, 1.82) is 0 Å². The van der Waals surface area contributed by atoms with Gasteiger partial charge in [0.15, 0.2) is 0 Å². The van der Waals surface area contributed by atoms with Crippen LogP contribution in [-0.4, -0.2) is 47.2 Å². The van der Waals surface area contributed by atoms with Crippen molar-refractivity contribution in [2.45, 2.75) is 25.3 Å². The first-order chi connectivity index (χ1) is 7.45. The number of carbonyl (C=O) groups is 1. The van der Waals surface area contributed by atoms with E-state index in [4.69, 9.17) is 24.7 Å². The average Bonchev–Trinajstić information content (AvgIpc) is 2.08. The summed E-state index contributed by atoms with van der Waals surface area (Å²) in [6, 6.07) is 0. The molecule has 0 rings (SSSR count). The maximum atomic E-state index is 11.3. The number of hydrogen-bond acceptors (Lipinski definition) is 3. The molecule has 0 radical (unpaired) electrons. The second-order valence-electron chi connectivity index (χ2n) is 3.24. The van der Waals surface area contributed by atoms with Crippen LogP contribution in [0.1, 0.15) is 20.3 Å². The van der Waals surface area contributed by atoms with Gasteiger partial charge in [0.2, 0.25) is 5.02 Å². The van der Waals surface area contributed by atoms with E-state index in [1.807, 2.05) is 0 Å². The van der Waals surface area contributed by atoms with Crippen molar-refractivity contribution in [3.05, 3.63) is 0 Å². The first kappa shape index (κ1) is 16.6. The summed E-state index contributed by atoms with van der Waals surface area (Å²) in [4.78, 5) is 47.5. The van der Waals surface area contributed by atoms with E-state index in [9.17, 15) is 13.9 Å². The Morgan fingerprint density at radius 3 is 1.53 bits per heavy atom. The van der Waals surface area contributed by atoms with Crippen LogP contribution in [0.3, 0.4) is 0 Å². The van der Waals surface area contributed by atoms with Crippen LogP contribution in [0.5, 0.6) is 0 Å². The smallest absolute Gasteiger partial charge is 0.408 e. The molecule has 0 aromatic rings. The summed E-state index contributed by atoms with van der Waals surface area (Å²) < 4.78 is 22.7. The van der Waals surface area contributed by atoms with E-state index in [0.717, 1.165) is 6.92 Å². The molecule has 1 amide bonds. The van der Waals surface area contributed by atoms with Crippen molar-refractivity contribution in [2.75, 3.05) is 6.54 Å². The fourth-order valence-corrected chi connectivity index (χ4v) is 4.89. The lowest BCUT2D eigenvalue weighted by molar-refractivity contribution is 0.113. The molecule has 5 N–H and O–H groups in total. The minimum Gasteiger partial charge on any atom is -0.465 e. The summed E-state index contributed by atoms with van der Waals surface area (Å²) in [6.45, 7) is 1.87. The Morgan fingerprint density at radius 2 is 1.47 bits per heavy atom. The standard InChI is InChI=1S/C6H15NO8P2/c1-3-6(16(10,11)12,17(13,14)15)7(4-2)5(8)9/h3-4H2,1-2H3,(H,8,9)(H2,10,11,12)(H2,13,14,15). The van der Waals surface area contributed by atoms with Gasteiger partial charge in [0.25, 0.3) is 0 Å². The van der Waals surface area contributed by atoms with Crippen LogP contribution in [0.15, 0.2) is 0 Å². The van der Waals surface area contributed by atoms with Crippen LogP contribution in [0.4, 0.5) is 4.79 Å². The van der Waals surface area contributed by atoms with E-state index in [-0.39, 0.29) is 4.90 Å². The van der Waals surface area contributed by atoms with Gasteiger partial charge in [0.05, 0.1) is 0 Å². The lowest BCUT2D eigenvalue weighted by Crippen LogP contribution is -2.50. The molecule has 0 atom stereocenters. The summed E-state index contributed by atoms with van der Waals surface area (Å²) >= 11 is 0. The average molecular weight is 291 g/mol. The maximum Gasteiger partial charge on any atom is 0.408 e. The van der Waals surface area contributed by atoms with Gasteiger partial charge in [-0.15, -0.1) is 0 Å². The highest BCUT2D eigenvalue weighted by Crippen LogP contribution is 2.71. The Balaban J connectivity index is 6.12. The van der Waals surface area contributed by atoms with Gasteiger partial charge >= 0.3 is 21.3 Å². The normalized spacial score (nSPS) is 13.5. The van der Waals surface area contributed by atoms with Crippen LogP contribution in [-0.2, 0) is 9.13 Å². The lowest BCUT2D eigenvalue weighted by Gasteiger charge is -2.40. The Labute approximate surface area is 97.4 Å². The Hall–Kier alpha value is -0.430. The molecule has 0 fully saturated rings. The zero-order valence-electron chi connectivity index (χ0n) is 9.22. The molecule has 0 aromatic heterocycles. The van der Waals surface area contributed by atoms with Gasteiger partial charge in [-0.05, 0) is 13.3 Å². The second kappa shape index (κ2) is 5.06. The van der Waals surface area contributed by atoms with E-state index in [1.54, 1.807) is 0 Å². The third kappa shape index (κ3) is 2.70. The SMILES string of the molecule is CCN(C(=O)O)C(CC)(P(=O)(O)O)P(=O)(O)O. The van der Waals surface area contributed by atoms with E-state index in [0.29, 0.717) is 0 Å². The second-order valence-corrected chi connectivity index (χ2v) is 7.25. The molecule has 0 saturated heterocycles. The quantitative estimate of drug-likeness (QED) is 0.456. The molecule has 9 nitrogen and oxygen atoms in total. The van der Waals surface area contributed by atoms with Gasteiger partial charge in [-0.25, -0.2) is 4.79 Å². The third-order valence-electron chi connectivity index (χ3n) is 2.39. The largest absolute Gasteiger partial charge is 0.465 e. The zero-order chi connectivity index (χ0) is 14.1. The van der Waals surface area contributed by atoms with Crippen LogP contribution < -0.4 is 0 Å². The summed E-state index contributed by atoms with van der Waals surface area (Å²) in [5.74, 6) is 0. The molecule has 0 aromatic carbocycles. The molecule has 0 unspecified atom stereocenters. The predicted molar refractivity (Wildman–Crippen MR) is 57.5 cm³/mol. The number of nitrogens with zero attached hydrogens (tertiary/aromatic N) is 1. The van der Waals surface area contributed by atoms with Gasteiger partial charge in [-0.1, -0.05) is 6.92 Å². The van der Waals surface area contributed by atoms with Crippen molar-refractivity contribution in [1.82, 2.24) is 4.90 Å². The number of carboxylic acid groups (broad SMARTS) is 1. The highest BCUT2D eigenvalue weighted by atomic mass is 31.2. The Kier molecular flexibility index (Phi) is 4.93. The van der Waals surface area contributed by atoms with Gasteiger partial charge in [-0.3, -0.25) is 14.0 Å². The van der Waals surface area contributed by atoms with Crippen molar-refractivity contribution >= 4 is 21.3 Å². The number of rotatable bonds is 5. The molecular formula is C6H15NO8P2. The highest BCUT2D eigenvalue weighted by molar-refractivity contribution is 7.72. The van der Waals surface area contributed by atoms with E-state index >= 15 is 0 Å². The van der Waals surface area contributed by atoms with Crippen LogP contribution >= 0.6 is 15.2 Å². The van der Waals surface area contributed by atoms with E-state index in [2.05, 4.69) is 0 Å². The molecule has 0 bridgehead atoms. The fraction of sp³-hybridized carbons (Fsp3) is 0.833. The molecule has 17 heavy (non-hydrogen) atoms. The molecule has 0 aliphatic rings. The molecular weight excluding hydrogens is 276 g/mol. The van der Waals surface area contributed by atoms with Crippen LogP contribution in [0.2, 0.25) is 0 Å². The molecule has 0 spiro atoms. The van der Waals surface area contributed by atoms with Crippen molar-refractivity contribution in [3.8, 4) is 0 Å². The van der Waals surface area contributed by atoms with Crippen LogP contribution in [0, 0.1) is 0 Å².